The van der Waals surface area contributed by atoms with Crippen LogP contribution in [-0.2, 0) is 21.6 Å². The van der Waals surface area contributed by atoms with Crippen LogP contribution in [0.25, 0.3) is 0 Å². The molecule has 1 aliphatic rings. The first-order valence-electron chi connectivity index (χ1n) is 6.63. The minimum Gasteiger partial charge on any atom is -0.388 e. The van der Waals surface area contributed by atoms with Crippen molar-refractivity contribution >= 4 is 9.84 Å². The van der Waals surface area contributed by atoms with E-state index in [1.54, 1.807) is 14.0 Å². The van der Waals surface area contributed by atoms with Crippen LogP contribution in [-0.4, -0.2) is 69.6 Å². The molecule has 2 heterocycles. The van der Waals surface area contributed by atoms with Crippen LogP contribution in [0.3, 0.4) is 0 Å². The van der Waals surface area contributed by atoms with Gasteiger partial charge in [0.1, 0.15) is 18.3 Å². The summed E-state index contributed by atoms with van der Waals surface area (Å²) in [5, 5.41) is 29.1. The second kappa shape index (κ2) is 6.01. The van der Waals surface area contributed by atoms with Crippen LogP contribution >= 0.6 is 0 Å². The lowest BCUT2D eigenvalue weighted by atomic mass is 9.94. The molecule has 1 aliphatic heterocycles. The lowest BCUT2D eigenvalue weighted by Crippen LogP contribution is -2.56. The molecule has 0 aromatic carbocycles. The maximum absolute atomic E-state index is 12.1. The predicted molar refractivity (Wildman–Crippen MR) is 72.2 cm³/mol. The Kier molecular flexibility index (Phi) is 4.69. The normalized spacial score (nSPS) is 34.0. The molecule has 2 rings (SSSR count). The highest BCUT2D eigenvalue weighted by atomic mass is 32.2. The third-order valence-electron chi connectivity index (χ3n) is 3.62. The van der Waals surface area contributed by atoms with E-state index in [9.17, 15) is 23.7 Å². The molecule has 0 aliphatic carbocycles. The summed E-state index contributed by atoms with van der Waals surface area (Å²) in [6.07, 6.45) is -2.60. The number of rotatable bonds is 4. The monoisotopic (exact) mass is 320 g/mol. The van der Waals surface area contributed by atoms with Crippen molar-refractivity contribution in [2.24, 2.45) is 7.05 Å². The standard InChI is InChI=1S/C12H20N2O6S/c1-7-10(15)12(17)11(16)8(20-7)3-4-21(18,19)9-5-14(2)6-13-9/h5-8,10-12,15-17H,3-4H2,1-2H3/t7?,8-,10-,11?,12+/m1/s1. The van der Waals surface area contributed by atoms with Gasteiger partial charge in [-0.1, -0.05) is 0 Å². The molecular formula is C12H20N2O6S. The fourth-order valence-corrected chi connectivity index (χ4v) is 3.59. The molecule has 1 fully saturated rings. The van der Waals surface area contributed by atoms with Gasteiger partial charge >= 0.3 is 0 Å². The van der Waals surface area contributed by atoms with Gasteiger partial charge in [-0.05, 0) is 13.3 Å². The minimum atomic E-state index is -3.58. The number of imidazole rings is 1. The van der Waals surface area contributed by atoms with Gasteiger partial charge in [0, 0.05) is 13.2 Å². The average Bonchev–Trinajstić information content (AvgIpc) is 2.86. The Labute approximate surface area is 122 Å². The number of aromatic nitrogens is 2. The van der Waals surface area contributed by atoms with Gasteiger partial charge in [-0.2, -0.15) is 0 Å². The van der Waals surface area contributed by atoms with Gasteiger partial charge in [-0.3, -0.25) is 0 Å². The second-order valence-electron chi connectivity index (χ2n) is 5.34. The summed E-state index contributed by atoms with van der Waals surface area (Å²) in [6, 6.07) is 0. The van der Waals surface area contributed by atoms with E-state index in [1.807, 2.05) is 0 Å². The molecule has 9 heteroatoms. The molecule has 2 unspecified atom stereocenters. The molecule has 0 spiro atoms. The van der Waals surface area contributed by atoms with Crippen molar-refractivity contribution < 1.29 is 28.5 Å². The summed E-state index contributed by atoms with van der Waals surface area (Å²) in [4.78, 5) is 3.79. The second-order valence-corrected chi connectivity index (χ2v) is 7.39. The molecule has 1 aromatic rings. The van der Waals surface area contributed by atoms with Crippen molar-refractivity contribution in [3.05, 3.63) is 12.5 Å². The topological polar surface area (TPSA) is 122 Å². The Bertz CT molecular complexity index is 586. The molecule has 21 heavy (non-hydrogen) atoms. The van der Waals surface area contributed by atoms with Crippen molar-refractivity contribution in [3.63, 3.8) is 0 Å². The molecular weight excluding hydrogens is 300 g/mol. The van der Waals surface area contributed by atoms with Gasteiger partial charge in [0.25, 0.3) is 0 Å². The Morgan fingerprint density at radius 3 is 2.52 bits per heavy atom. The van der Waals surface area contributed by atoms with Crippen molar-refractivity contribution in [3.8, 4) is 0 Å². The van der Waals surface area contributed by atoms with Crippen LogP contribution in [0.1, 0.15) is 13.3 Å². The van der Waals surface area contributed by atoms with Crippen LogP contribution in [0.15, 0.2) is 17.6 Å². The van der Waals surface area contributed by atoms with E-state index in [1.165, 1.54) is 17.1 Å². The zero-order chi connectivity index (χ0) is 15.8. The van der Waals surface area contributed by atoms with E-state index < -0.39 is 40.4 Å². The highest BCUT2D eigenvalue weighted by Crippen LogP contribution is 2.24. The van der Waals surface area contributed by atoms with Gasteiger partial charge in [-0.15, -0.1) is 0 Å². The number of ether oxygens (including phenoxy) is 1. The average molecular weight is 320 g/mol. The van der Waals surface area contributed by atoms with Crippen LogP contribution in [0.4, 0.5) is 0 Å². The molecule has 8 nitrogen and oxygen atoms in total. The molecule has 0 bridgehead atoms. The fourth-order valence-electron chi connectivity index (χ4n) is 2.30. The molecule has 1 aromatic heterocycles. The SMILES string of the molecule is CC1O[C@H](CCS(=O)(=O)c2cn(C)cn2)C(O)[C@@H](O)[C@@H]1O. The van der Waals surface area contributed by atoms with E-state index in [-0.39, 0.29) is 17.2 Å². The highest BCUT2D eigenvalue weighted by molar-refractivity contribution is 7.91. The smallest absolute Gasteiger partial charge is 0.197 e. The van der Waals surface area contributed by atoms with Gasteiger partial charge in [0.05, 0.1) is 24.3 Å². The Morgan fingerprint density at radius 2 is 1.95 bits per heavy atom. The van der Waals surface area contributed by atoms with E-state index in [4.69, 9.17) is 4.74 Å². The third-order valence-corrected chi connectivity index (χ3v) is 5.24. The molecule has 0 radical (unpaired) electrons. The van der Waals surface area contributed by atoms with Crippen molar-refractivity contribution in [2.75, 3.05) is 5.75 Å². The first kappa shape index (κ1) is 16.4. The Balaban J connectivity index is 2.02. The van der Waals surface area contributed by atoms with Crippen LogP contribution in [0.5, 0.6) is 0 Å². The first-order valence-corrected chi connectivity index (χ1v) is 8.28. The van der Waals surface area contributed by atoms with Crippen LogP contribution in [0.2, 0.25) is 0 Å². The zero-order valence-corrected chi connectivity index (χ0v) is 12.6. The third kappa shape index (κ3) is 3.43. The van der Waals surface area contributed by atoms with Crippen LogP contribution < -0.4 is 0 Å². The summed E-state index contributed by atoms with van der Waals surface area (Å²) in [7, 11) is -1.91. The number of aliphatic hydroxyl groups is 3. The number of hydrogen-bond donors (Lipinski definition) is 3. The van der Waals surface area contributed by atoms with Gasteiger partial charge in [-0.25, -0.2) is 13.4 Å². The summed E-state index contributed by atoms with van der Waals surface area (Å²) in [6.45, 7) is 1.56. The zero-order valence-electron chi connectivity index (χ0n) is 11.8. The fraction of sp³-hybridized carbons (Fsp3) is 0.750. The number of aryl methyl sites for hydroxylation is 1. The van der Waals surface area contributed by atoms with E-state index >= 15 is 0 Å². The van der Waals surface area contributed by atoms with Gasteiger partial charge in [0.2, 0.25) is 0 Å². The van der Waals surface area contributed by atoms with Gasteiger partial charge in [0.15, 0.2) is 14.9 Å². The number of nitrogens with zero attached hydrogens (tertiary/aromatic N) is 2. The maximum Gasteiger partial charge on any atom is 0.197 e. The van der Waals surface area contributed by atoms with Crippen molar-refractivity contribution in [1.29, 1.82) is 0 Å². The lowest BCUT2D eigenvalue weighted by Gasteiger charge is -2.39. The maximum atomic E-state index is 12.1. The van der Waals surface area contributed by atoms with E-state index in [0.717, 1.165) is 0 Å². The first-order chi connectivity index (χ1) is 9.72. The minimum absolute atomic E-state index is 0.00813. The van der Waals surface area contributed by atoms with E-state index in [2.05, 4.69) is 4.98 Å². The number of sulfone groups is 1. The van der Waals surface area contributed by atoms with Crippen molar-refractivity contribution in [2.45, 2.75) is 48.9 Å². The Hall–Kier alpha value is -1.00. The Morgan fingerprint density at radius 1 is 1.29 bits per heavy atom. The van der Waals surface area contributed by atoms with E-state index in [0.29, 0.717) is 0 Å². The highest BCUT2D eigenvalue weighted by Gasteiger charge is 2.41. The molecule has 120 valence electrons. The molecule has 5 atom stereocenters. The van der Waals surface area contributed by atoms with Crippen molar-refractivity contribution in [1.82, 2.24) is 9.55 Å². The molecule has 0 saturated carbocycles. The summed E-state index contributed by atoms with van der Waals surface area (Å²) in [5.74, 6) is -0.263. The molecule has 0 amide bonds. The summed E-state index contributed by atoms with van der Waals surface area (Å²) < 4.78 is 31.1. The van der Waals surface area contributed by atoms with Crippen LogP contribution in [0, 0.1) is 0 Å². The molecule has 1 saturated heterocycles. The summed E-state index contributed by atoms with van der Waals surface area (Å²) >= 11 is 0. The number of aliphatic hydroxyl groups excluding tert-OH is 3. The lowest BCUT2D eigenvalue weighted by molar-refractivity contribution is -0.217. The van der Waals surface area contributed by atoms with Gasteiger partial charge < -0.3 is 24.6 Å². The molecule has 3 N–H and O–H groups in total. The number of hydrogen-bond acceptors (Lipinski definition) is 7. The predicted octanol–water partition coefficient (Wildman–Crippen LogP) is -1.55. The quantitative estimate of drug-likeness (QED) is 0.614. The largest absolute Gasteiger partial charge is 0.388 e. The summed E-state index contributed by atoms with van der Waals surface area (Å²) in [5.41, 5.74) is 0.